The van der Waals surface area contributed by atoms with E-state index >= 15 is 0 Å². The molecule has 0 fully saturated rings. The predicted octanol–water partition coefficient (Wildman–Crippen LogP) is 4.16. The molecule has 3 rings (SSSR count). The second-order valence-corrected chi connectivity index (χ2v) is 6.54. The van der Waals surface area contributed by atoms with Gasteiger partial charge >= 0.3 is 0 Å². The molecule has 0 aliphatic heterocycles. The standard InChI is InChI=1S/C21H22O2.Ac/c1-12-5-7-16(8-6-12)18-11-19(22)21(23)20(18)17-9-13(2)15(4)14(3)10-17;/h5-10,19,22H,11H2,1-4H3;. The first-order valence-corrected chi connectivity index (χ1v) is 7.99. The molecule has 1 aliphatic carbocycles. The van der Waals surface area contributed by atoms with Gasteiger partial charge < -0.3 is 5.11 Å². The van der Waals surface area contributed by atoms with E-state index in [1.54, 1.807) is 0 Å². The van der Waals surface area contributed by atoms with Crippen molar-refractivity contribution in [3.05, 3.63) is 69.8 Å². The molecule has 2 nitrogen and oxygen atoms in total. The summed E-state index contributed by atoms with van der Waals surface area (Å²) in [5.41, 5.74) is 8.33. The molecule has 3 heteroatoms. The number of aryl methyl sites for hydroxylation is 3. The molecule has 0 saturated carbocycles. The number of hydrogen-bond acceptors (Lipinski definition) is 2. The van der Waals surface area contributed by atoms with Gasteiger partial charge in [0, 0.05) is 56.1 Å². The number of Topliss-reactive ketones (excluding diaryl/α,β-unsaturated/α-hetero) is 1. The summed E-state index contributed by atoms with van der Waals surface area (Å²) in [5, 5.41) is 10.1. The molecule has 0 heterocycles. The number of hydrogen-bond donors (Lipinski definition) is 1. The maximum atomic E-state index is 12.6. The van der Waals surface area contributed by atoms with Crippen molar-refractivity contribution in [3.8, 4) is 0 Å². The van der Waals surface area contributed by atoms with Crippen LogP contribution in [0.5, 0.6) is 0 Å². The molecule has 1 unspecified atom stereocenters. The van der Waals surface area contributed by atoms with Gasteiger partial charge in [0.15, 0.2) is 5.78 Å². The molecular formula is C21H22AcO2. The van der Waals surface area contributed by atoms with Crippen LogP contribution in [-0.4, -0.2) is 17.0 Å². The fraction of sp³-hybridized carbons (Fsp3) is 0.286. The van der Waals surface area contributed by atoms with E-state index in [1.807, 2.05) is 31.2 Å². The van der Waals surface area contributed by atoms with Crippen LogP contribution in [0.1, 0.15) is 39.8 Å². The SMILES string of the molecule is Cc1ccc(C2=C(c3cc(C)c(C)c(C)c3)C(=O)C(O)C2)cc1.[Ac]. The molecule has 0 amide bonds. The van der Waals surface area contributed by atoms with E-state index in [-0.39, 0.29) is 49.8 Å². The van der Waals surface area contributed by atoms with Gasteiger partial charge in [-0.1, -0.05) is 42.0 Å². The largest absolute Gasteiger partial charge is 0.385 e. The molecular weight excluding hydrogens is 511 g/mol. The van der Waals surface area contributed by atoms with Crippen LogP contribution in [0.3, 0.4) is 0 Å². The van der Waals surface area contributed by atoms with E-state index in [9.17, 15) is 9.90 Å². The molecule has 0 spiro atoms. The number of rotatable bonds is 2. The first kappa shape index (κ1) is 19.6. The Morgan fingerprint density at radius 3 is 2.00 bits per heavy atom. The maximum Gasteiger partial charge on any atom is 0.192 e. The molecule has 1 N–H and O–H groups in total. The smallest absolute Gasteiger partial charge is 0.192 e. The van der Waals surface area contributed by atoms with Gasteiger partial charge in [-0.3, -0.25) is 4.79 Å². The van der Waals surface area contributed by atoms with E-state index in [0.717, 1.165) is 16.7 Å². The summed E-state index contributed by atoms with van der Waals surface area (Å²) in [6, 6.07) is 12.3. The minimum absolute atomic E-state index is 0. The molecule has 24 heavy (non-hydrogen) atoms. The molecule has 0 bridgehead atoms. The average molecular weight is 533 g/mol. The van der Waals surface area contributed by atoms with Crippen molar-refractivity contribution in [2.75, 3.05) is 0 Å². The number of ketones is 1. The Morgan fingerprint density at radius 2 is 1.46 bits per heavy atom. The van der Waals surface area contributed by atoms with Gasteiger partial charge in [-0.2, -0.15) is 0 Å². The minimum Gasteiger partial charge on any atom is -0.385 e. The van der Waals surface area contributed by atoms with Gasteiger partial charge in [-0.25, -0.2) is 0 Å². The van der Waals surface area contributed by atoms with Crippen LogP contribution in [0.15, 0.2) is 36.4 Å². The number of aliphatic hydroxyl groups excluding tert-OH is 1. The Balaban J connectivity index is 0.00000208. The van der Waals surface area contributed by atoms with Crippen LogP contribution in [0.2, 0.25) is 0 Å². The summed E-state index contributed by atoms with van der Waals surface area (Å²) in [7, 11) is 0. The first-order valence-electron chi connectivity index (χ1n) is 7.99. The Bertz CT molecular complexity index is 793. The summed E-state index contributed by atoms with van der Waals surface area (Å²) >= 11 is 0. The van der Waals surface area contributed by atoms with Crippen molar-refractivity contribution >= 4 is 16.9 Å². The monoisotopic (exact) mass is 533 g/mol. The molecule has 1 radical (unpaired) electrons. The first-order chi connectivity index (χ1) is 10.9. The van der Waals surface area contributed by atoms with E-state index in [1.165, 1.54) is 22.3 Å². The van der Waals surface area contributed by atoms with Gasteiger partial charge in [-0.15, -0.1) is 0 Å². The van der Waals surface area contributed by atoms with Crippen molar-refractivity contribution in [1.82, 2.24) is 0 Å². The number of benzene rings is 2. The molecule has 2 aromatic carbocycles. The van der Waals surface area contributed by atoms with Gasteiger partial charge in [0.1, 0.15) is 6.10 Å². The average Bonchev–Trinajstić information content (AvgIpc) is 2.81. The van der Waals surface area contributed by atoms with Gasteiger partial charge in [0.2, 0.25) is 0 Å². The van der Waals surface area contributed by atoms with Crippen molar-refractivity contribution in [2.24, 2.45) is 0 Å². The Labute approximate surface area is 179 Å². The van der Waals surface area contributed by atoms with Crippen molar-refractivity contribution in [1.29, 1.82) is 0 Å². The summed E-state index contributed by atoms with van der Waals surface area (Å²) in [6.45, 7) is 8.26. The molecule has 1 atom stereocenters. The van der Waals surface area contributed by atoms with Crippen LogP contribution >= 0.6 is 0 Å². The summed E-state index contributed by atoms with van der Waals surface area (Å²) in [6.07, 6.45) is -0.536. The number of aliphatic hydroxyl groups is 1. The van der Waals surface area contributed by atoms with Crippen LogP contribution in [0.4, 0.5) is 0 Å². The van der Waals surface area contributed by atoms with Crippen LogP contribution in [0, 0.1) is 71.8 Å². The second kappa shape index (κ2) is 7.65. The van der Waals surface area contributed by atoms with Crippen LogP contribution in [-0.2, 0) is 4.79 Å². The number of carbonyl (C=O) groups is 1. The summed E-state index contributed by atoms with van der Waals surface area (Å²) in [4.78, 5) is 12.6. The molecule has 0 saturated heterocycles. The van der Waals surface area contributed by atoms with E-state index < -0.39 is 6.10 Å². The van der Waals surface area contributed by atoms with Crippen molar-refractivity contribution in [2.45, 2.75) is 40.2 Å². The van der Waals surface area contributed by atoms with Gasteiger partial charge in [0.05, 0.1) is 0 Å². The zero-order valence-corrected chi connectivity index (χ0v) is 19.4. The molecule has 2 aromatic rings. The molecule has 1 aliphatic rings. The fourth-order valence-electron chi connectivity index (χ4n) is 3.22. The van der Waals surface area contributed by atoms with Crippen LogP contribution < -0.4 is 0 Å². The zero-order chi connectivity index (χ0) is 16.7. The third-order valence-corrected chi connectivity index (χ3v) is 4.86. The normalized spacial score (nSPS) is 17.2. The van der Waals surface area contributed by atoms with Gasteiger partial charge in [0.25, 0.3) is 0 Å². The topological polar surface area (TPSA) is 37.3 Å². The Kier molecular flexibility index (Phi) is 6.24. The second-order valence-electron chi connectivity index (χ2n) is 6.54. The third-order valence-electron chi connectivity index (χ3n) is 4.86. The van der Waals surface area contributed by atoms with Crippen molar-refractivity contribution in [3.63, 3.8) is 0 Å². The Morgan fingerprint density at radius 1 is 0.917 bits per heavy atom. The van der Waals surface area contributed by atoms with E-state index in [0.29, 0.717) is 12.0 Å². The zero-order valence-electron chi connectivity index (χ0n) is 14.7. The molecule has 121 valence electrons. The molecule has 0 aromatic heterocycles. The number of carbonyl (C=O) groups excluding carboxylic acids is 1. The summed E-state index contributed by atoms with van der Waals surface area (Å²) < 4.78 is 0. The van der Waals surface area contributed by atoms with E-state index in [2.05, 4.69) is 32.9 Å². The predicted molar refractivity (Wildman–Crippen MR) is 94.3 cm³/mol. The maximum absolute atomic E-state index is 12.6. The van der Waals surface area contributed by atoms with Gasteiger partial charge in [-0.05, 0) is 61.1 Å². The van der Waals surface area contributed by atoms with Crippen LogP contribution in [0.25, 0.3) is 11.1 Å². The third kappa shape index (κ3) is 3.59. The Hall–Kier alpha value is -0.748. The minimum atomic E-state index is -0.928. The quantitative estimate of drug-likeness (QED) is 0.630. The van der Waals surface area contributed by atoms with Crippen molar-refractivity contribution < 1.29 is 54.0 Å². The summed E-state index contributed by atoms with van der Waals surface area (Å²) in [5.74, 6) is -0.164. The fourth-order valence-corrected chi connectivity index (χ4v) is 3.22. The van der Waals surface area contributed by atoms with E-state index in [4.69, 9.17) is 0 Å².